The Hall–Kier alpha value is -1.26. The van der Waals surface area contributed by atoms with Crippen LogP contribution in [-0.2, 0) is 9.59 Å². The summed E-state index contributed by atoms with van der Waals surface area (Å²) in [6.07, 6.45) is 1.66. The van der Waals surface area contributed by atoms with Crippen LogP contribution in [0.2, 0.25) is 10.0 Å². The Morgan fingerprint density at radius 2 is 1.95 bits per heavy atom. The highest BCUT2D eigenvalue weighted by molar-refractivity contribution is 6.44. The van der Waals surface area contributed by atoms with E-state index in [1.54, 1.807) is 18.2 Å². The van der Waals surface area contributed by atoms with Crippen LogP contribution in [0.1, 0.15) is 26.2 Å². The molecule has 0 aliphatic carbocycles. The van der Waals surface area contributed by atoms with Crippen LogP contribution >= 0.6 is 23.2 Å². The van der Waals surface area contributed by atoms with Crippen molar-refractivity contribution in [2.45, 2.75) is 26.2 Å². The lowest BCUT2D eigenvalue weighted by molar-refractivity contribution is -0.126. The Kier molecular flexibility index (Phi) is 6.67. The molecule has 4 nitrogen and oxygen atoms in total. The zero-order valence-electron chi connectivity index (χ0n) is 10.6. The molecule has 0 saturated heterocycles. The fourth-order valence-corrected chi connectivity index (χ4v) is 1.76. The van der Waals surface area contributed by atoms with Gasteiger partial charge in [0.05, 0.1) is 15.7 Å². The number of nitrogens with one attached hydrogen (secondary N) is 2. The van der Waals surface area contributed by atoms with Gasteiger partial charge in [0, 0.05) is 6.54 Å². The molecule has 0 saturated carbocycles. The molecule has 0 aromatic heterocycles. The molecule has 1 rings (SSSR count). The van der Waals surface area contributed by atoms with Crippen LogP contribution in [-0.4, -0.2) is 18.4 Å². The molecule has 0 spiro atoms. The summed E-state index contributed by atoms with van der Waals surface area (Å²) in [4.78, 5) is 23.1. The lowest BCUT2D eigenvalue weighted by Crippen LogP contribution is -2.28. The van der Waals surface area contributed by atoms with Gasteiger partial charge in [-0.25, -0.2) is 0 Å². The molecule has 0 bridgehead atoms. The molecule has 1 aromatic carbocycles. The van der Waals surface area contributed by atoms with Crippen molar-refractivity contribution in [3.8, 4) is 0 Å². The summed E-state index contributed by atoms with van der Waals surface area (Å²) in [7, 11) is 0. The first-order chi connectivity index (χ1) is 9.04. The van der Waals surface area contributed by atoms with Crippen LogP contribution in [0, 0.1) is 0 Å². The van der Waals surface area contributed by atoms with Gasteiger partial charge in [0.25, 0.3) is 0 Å². The average Bonchev–Trinajstić information content (AvgIpc) is 2.35. The van der Waals surface area contributed by atoms with E-state index in [2.05, 4.69) is 10.6 Å². The molecule has 0 unspecified atom stereocenters. The molecule has 0 radical (unpaired) electrons. The fourth-order valence-electron chi connectivity index (χ4n) is 1.41. The Balaban J connectivity index is 2.47. The minimum Gasteiger partial charge on any atom is -0.356 e. The monoisotopic (exact) mass is 302 g/mol. The zero-order chi connectivity index (χ0) is 14.3. The molecule has 1 aromatic rings. The molecule has 0 heterocycles. The van der Waals surface area contributed by atoms with Gasteiger partial charge >= 0.3 is 0 Å². The second kappa shape index (κ2) is 8.02. The van der Waals surface area contributed by atoms with Gasteiger partial charge in [-0.15, -0.1) is 0 Å². The van der Waals surface area contributed by atoms with Crippen LogP contribution in [0.4, 0.5) is 5.69 Å². The maximum Gasteiger partial charge on any atom is 0.233 e. The van der Waals surface area contributed by atoms with E-state index in [0.717, 1.165) is 12.8 Å². The third-order valence-corrected chi connectivity index (χ3v) is 3.22. The third kappa shape index (κ3) is 5.49. The maximum absolute atomic E-state index is 11.6. The Bertz CT molecular complexity index is 464. The van der Waals surface area contributed by atoms with E-state index in [1.807, 2.05) is 6.92 Å². The minimum atomic E-state index is -0.418. The normalized spacial score (nSPS) is 10.1. The summed E-state index contributed by atoms with van der Waals surface area (Å²) < 4.78 is 0. The van der Waals surface area contributed by atoms with E-state index in [1.165, 1.54) is 0 Å². The lowest BCUT2D eigenvalue weighted by Gasteiger charge is -2.08. The zero-order valence-corrected chi connectivity index (χ0v) is 12.1. The number of benzene rings is 1. The number of rotatable bonds is 6. The van der Waals surface area contributed by atoms with Gasteiger partial charge in [0.1, 0.15) is 6.42 Å². The standard InChI is InChI=1S/C13H16Cl2N2O2/c1-2-3-7-16-11(18)8-12(19)17-10-6-4-5-9(14)13(10)15/h4-6H,2-3,7-8H2,1H3,(H,16,18)(H,17,19). The number of amides is 2. The number of anilines is 1. The third-order valence-electron chi connectivity index (χ3n) is 2.40. The molecule has 19 heavy (non-hydrogen) atoms. The highest BCUT2D eigenvalue weighted by Crippen LogP contribution is 2.29. The van der Waals surface area contributed by atoms with Crippen LogP contribution in [0.5, 0.6) is 0 Å². The van der Waals surface area contributed by atoms with Crippen molar-refractivity contribution in [2.24, 2.45) is 0 Å². The second-order valence-electron chi connectivity index (χ2n) is 4.03. The van der Waals surface area contributed by atoms with E-state index < -0.39 is 5.91 Å². The van der Waals surface area contributed by atoms with Gasteiger partial charge in [-0.3, -0.25) is 9.59 Å². The molecular formula is C13H16Cl2N2O2. The van der Waals surface area contributed by atoms with E-state index in [0.29, 0.717) is 17.3 Å². The fraction of sp³-hybridized carbons (Fsp3) is 0.385. The van der Waals surface area contributed by atoms with E-state index in [-0.39, 0.29) is 17.4 Å². The van der Waals surface area contributed by atoms with Crippen LogP contribution < -0.4 is 10.6 Å². The largest absolute Gasteiger partial charge is 0.356 e. The van der Waals surface area contributed by atoms with Crippen molar-refractivity contribution in [2.75, 3.05) is 11.9 Å². The number of unbranched alkanes of at least 4 members (excludes halogenated alkanes) is 1. The van der Waals surface area contributed by atoms with Gasteiger partial charge in [0.2, 0.25) is 11.8 Å². The molecule has 0 aliphatic heterocycles. The number of carbonyl (C=O) groups is 2. The van der Waals surface area contributed by atoms with Crippen molar-refractivity contribution in [3.63, 3.8) is 0 Å². The van der Waals surface area contributed by atoms with E-state index >= 15 is 0 Å². The predicted octanol–water partition coefficient (Wildman–Crippen LogP) is 3.24. The van der Waals surface area contributed by atoms with Gasteiger partial charge in [0.15, 0.2) is 0 Å². The molecule has 6 heteroatoms. The smallest absolute Gasteiger partial charge is 0.233 e. The number of hydrogen-bond acceptors (Lipinski definition) is 2. The molecule has 104 valence electrons. The number of hydrogen-bond donors (Lipinski definition) is 2. The average molecular weight is 303 g/mol. The van der Waals surface area contributed by atoms with Crippen LogP contribution in [0.15, 0.2) is 18.2 Å². The highest BCUT2D eigenvalue weighted by Gasteiger charge is 2.11. The molecule has 0 aliphatic rings. The lowest BCUT2D eigenvalue weighted by atomic mass is 10.3. The Labute approximate surface area is 122 Å². The first-order valence-corrected chi connectivity index (χ1v) is 6.80. The van der Waals surface area contributed by atoms with Gasteiger partial charge < -0.3 is 10.6 Å². The SMILES string of the molecule is CCCCNC(=O)CC(=O)Nc1cccc(Cl)c1Cl. The van der Waals surface area contributed by atoms with Crippen molar-refractivity contribution >= 4 is 40.7 Å². The maximum atomic E-state index is 11.6. The summed E-state index contributed by atoms with van der Waals surface area (Å²) >= 11 is 11.8. The van der Waals surface area contributed by atoms with Crippen LogP contribution in [0.25, 0.3) is 0 Å². The summed E-state index contributed by atoms with van der Waals surface area (Å²) in [5, 5.41) is 5.84. The van der Waals surface area contributed by atoms with Gasteiger partial charge in [-0.2, -0.15) is 0 Å². The van der Waals surface area contributed by atoms with Crippen LogP contribution in [0.3, 0.4) is 0 Å². The minimum absolute atomic E-state index is 0.230. The number of carbonyl (C=O) groups excluding carboxylic acids is 2. The van der Waals surface area contributed by atoms with Gasteiger partial charge in [-0.1, -0.05) is 42.6 Å². The summed E-state index contributed by atoms with van der Waals surface area (Å²) in [6, 6.07) is 4.92. The first-order valence-electron chi connectivity index (χ1n) is 6.05. The highest BCUT2D eigenvalue weighted by atomic mass is 35.5. The molecular weight excluding hydrogens is 287 g/mol. The van der Waals surface area contributed by atoms with E-state index in [4.69, 9.17) is 23.2 Å². The summed E-state index contributed by atoms with van der Waals surface area (Å²) in [6.45, 7) is 2.61. The quantitative estimate of drug-likeness (QED) is 0.626. The van der Waals surface area contributed by atoms with Gasteiger partial charge in [-0.05, 0) is 18.6 Å². The summed E-state index contributed by atoms with van der Waals surface area (Å²) in [5.41, 5.74) is 0.403. The number of halogens is 2. The van der Waals surface area contributed by atoms with Crippen molar-refractivity contribution in [3.05, 3.63) is 28.2 Å². The Morgan fingerprint density at radius 1 is 1.21 bits per heavy atom. The molecule has 2 N–H and O–H groups in total. The summed E-state index contributed by atoms with van der Waals surface area (Å²) in [5.74, 6) is -0.720. The first kappa shape index (κ1) is 15.8. The van der Waals surface area contributed by atoms with Crippen molar-refractivity contribution in [1.29, 1.82) is 0 Å². The molecule has 0 atom stereocenters. The van der Waals surface area contributed by atoms with E-state index in [9.17, 15) is 9.59 Å². The van der Waals surface area contributed by atoms with Crippen molar-refractivity contribution < 1.29 is 9.59 Å². The Morgan fingerprint density at radius 3 is 2.63 bits per heavy atom. The second-order valence-corrected chi connectivity index (χ2v) is 4.82. The molecule has 0 fully saturated rings. The topological polar surface area (TPSA) is 58.2 Å². The van der Waals surface area contributed by atoms with Crippen molar-refractivity contribution in [1.82, 2.24) is 5.32 Å². The predicted molar refractivity (Wildman–Crippen MR) is 77.6 cm³/mol. The molecule has 2 amide bonds.